The third-order valence-electron chi connectivity index (χ3n) is 8.73. The summed E-state index contributed by atoms with van der Waals surface area (Å²) in [5.74, 6) is -4.76. The minimum absolute atomic E-state index is 0.0224. The first-order valence-corrected chi connectivity index (χ1v) is 14.2. The highest BCUT2D eigenvalue weighted by atomic mass is 19.2. The van der Waals surface area contributed by atoms with Crippen molar-refractivity contribution in [3.8, 4) is 11.5 Å². The summed E-state index contributed by atoms with van der Waals surface area (Å²) in [5, 5.41) is 0. The molecule has 0 saturated heterocycles. The van der Waals surface area contributed by atoms with Crippen molar-refractivity contribution >= 4 is 0 Å². The summed E-state index contributed by atoms with van der Waals surface area (Å²) in [4.78, 5) is 0. The fraction of sp³-hybridized carbons (Fsp3) is 0.613. The molecule has 6 heteroatoms. The van der Waals surface area contributed by atoms with Crippen LogP contribution in [0.15, 0.2) is 24.3 Å². The van der Waals surface area contributed by atoms with Crippen molar-refractivity contribution in [2.24, 2.45) is 17.8 Å². The summed E-state index contributed by atoms with van der Waals surface area (Å²) in [7, 11) is 0. The fourth-order valence-corrected chi connectivity index (χ4v) is 6.58. The zero-order valence-electron chi connectivity index (χ0n) is 21.8. The van der Waals surface area contributed by atoms with E-state index in [0.29, 0.717) is 36.8 Å². The number of hydrogen-bond donors (Lipinski definition) is 0. The number of halogens is 5. The molecule has 2 saturated carbocycles. The lowest BCUT2D eigenvalue weighted by atomic mass is 9.68. The Balaban J connectivity index is 1.31. The maximum absolute atomic E-state index is 15.3. The topological polar surface area (TPSA) is 9.23 Å². The van der Waals surface area contributed by atoms with E-state index in [1.807, 2.05) is 0 Å². The molecule has 0 N–H and O–H groups in total. The van der Waals surface area contributed by atoms with Gasteiger partial charge in [0.2, 0.25) is 0 Å². The molecule has 0 heterocycles. The van der Waals surface area contributed by atoms with E-state index in [-0.39, 0.29) is 23.0 Å². The molecule has 2 aromatic carbocycles. The highest BCUT2D eigenvalue weighted by Gasteiger charge is 2.33. The van der Waals surface area contributed by atoms with Crippen LogP contribution >= 0.6 is 0 Å². The molecule has 0 amide bonds. The Hall–Kier alpha value is -2.11. The standard InChI is InChI=1S/C31H39F5O/c1-2-3-4-5-6-7-20-8-10-21(11-9-20)22-12-14-23(15-13-22)29-25(32)16-17-28(31(29)36)37-24-18-26(33)30(35)27(34)19-24/h16-23H,2-15H2,1H3. The molecule has 2 fully saturated rings. The number of ether oxygens (including phenoxy) is 1. The van der Waals surface area contributed by atoms with Gasteiger partial charge in [-0.15, -0.1) is 0 Å². The maximum Gasteiger partial charge on any atom is 0.194 e. The van der Waals surface area contributed by atoms with Crippen LogP contribution in [0, 0.1) is 46.8 Å². The van der Waals surface area contributed by atoms with E-state index < -0.39 is 29.1 Å². The Morgan fingerprint density at radius 1 is 0.676 bits per heavy atom. The Labute approximate surface area is 217 Å². The van der Waals surface area contributed by atoms with Crippen molar-refractivity contribution in [1.29, 1.82) is 0 Å². The lowest BCUT2D eigenvalue weighted by molar-refractivity contribution is 0.154. The van der Waals surface area contributed by atoms with Crippen LogP contribution in [0.2, 0.25) is 0 Å². The number of benzene rings is 2. The number of rotatable bonds is 10. The van der Waals surface area contributed by atoms with Gasteiger partial charge >= 0.3 is 0 Å². The van der Waals surface area contributed by atoms with Gasteiger partial charge in [-0.2, -0.15) is 0 Å². The molecule has 2 aliphatic rings. The Kier molecular flexibility index (Phi) is 9.89. The maximum atomic E-state index is 15.3. The summed E-state index contributed by atoms with van der Waals surface area (Å²) in [6, 6.07) is 3.52. The predicted molar refractivity (Wildman–Crippen MR) is 136 cm³/mol. The van der Waals surface area contributed by atoms with Gasteiger partial charge in [-0.1, -0.05) is 58.3 Å². The molecular weight excluding hydrogens is 483 g/mol. The third kappa shape index (κ3) is 7.06. The van der Waals surface area contributed by atoms with Gasteiger partial charge in [0, 0.05) is 17.7 Å². The van der Waals surface area contributed by atoms with Gasteiger partial charge in [0.25, 0.3) is 0 Å². The van der Waals surface area contributed by atoms with Gasteiger partial charge in [-0.05, 0) is 74.3 Å². The second-order valence-electron chi connectivity index (χ2n) is 11.2. The molecule has 0 aliphatic heterocycles. The molecule has 0 bridgehead atoms. The van der Waals surface area contributed by atoms with Crippen LogP contribution in [-0.2, 0) is 0 Å². The van der Waals surface area contributed by atoms with E-state index in [9.17, 15) is 17.6 Å². The first kappa shape index (κ1) is 27.9. The zero-order valence-corrected chi connectivity index (χ0v) is 21.8. The van der Waals surface area contributed by atoms with E-state index in [0.717, 1.165) is 30.9 Å². The summed E-state index contributed by atoms with van der Waals surface area (Å²) >= 11 is 0. The van der Waals surface area contributed by atoms with Crippen molar-refractivity contribution in [3.05, 3.63) is 58.9 Å². The van der Waals surface area contributed by atoms with Crippen molar-refractivity contribution < 1.29 is 26.7 Å². The second kappa shape index (κ2) is 13.1. The largest absolute Gasteiger partial charge is 0.454 e. The van der Waals surface area contributed by atoms with Gasteiger partial charge in [0.05, 0.1) is 0 Å². The molecule has 0 aromatic heterocycles. The van der Waals surface area contributed by atoms with E-state index in [4.69, 9.17) is 4.74 Å². The molecular formula is C31H39F5O. The molecule has 0 atom stereocenters. The number of unbranched alkanes of at least 4 members (excludes halogenated alkanes) is 4. The van der Waals surface area contributed by atoms with Crippen LogP contribution in [-0.4, -0.2) is 0 Å². The van der Waals surface area contributed by atoms with Crippen LogP contribution in [0.5, 0.6) is 11.5 Å². The average molecular weight is 523 g/mol. The van der Waals surface area contributed by atoms with Gasteiger partial charge in [-0.25, -0.2) is 22.0 Å². The van der Waals surface area contributed by atoms with Gasteiger partial charge in [-0.3, -0.25) is 0 Å². The fourth-order valence-electron chi connectivity index (χ4n) is 6.58. The van der Waals surface area contributed by atoms with E-state index in [1.165, 1.54) is 64.2 Å². The lowest BCUT2D eigenvalue weighted by Gasteiger charge is -2.38. The highest BCUT2D eigenvalue weighted by Crippen LogP contribution is 2.46. The predicted octanol–water partition coefficient (Wildman–Crippen LogP) is 10.6. The first-order chi connectivity index (χ1) is 17.9. The van der Waals surface area contributed by atoms with Gasteiger partial charge < -0.3 is 4.74 Å². The number of hydrogen-bond acceptors (Lipinski definition) is 1. The summed E-state index contributed by atoms with van der Waals surface area (Å²) in [6.07, 6.45) is 16.5. The lowest BCUT2D eigenvalue weighted by Crippen LogP contribution is -2.26. The normalized spacial score (nSPS) is 24.3. The molecule has 2 aliphatic carbocycles. The molecule has 204 valence electrons. The molecule has 0 unspecified atom stereocenters. The highest BCUT2D eigenvalue weighted by molar-refractivity contribution is 5.38. The van der Waals surface area contributed by atoms with Crippen molar-refractivity contribution in [2.75, 3.05) is 0 Å². The molecule has 0 spiro atoms. The van der Waals surface area contributed by atoms with Crippen LogP contribution in [0.3, 0.4) is 0 Å². The van der Waals surface area contributed by atoms with E-state index in [1.54, 1.807) is 0 Å². The van der Waals surface area contributed by atoms with Crippen molar-refractivity contribution in [3.63, 3.8) is 0 Å². The SMILES string of the molecule is CCCCCCCC1CCC(C2CCC(c3c(F)ccc(Oc4cc(F)c(F)c(F)c4)c3F)CC2)CC1. The monoisotopic (exact) mass is 522 g/mol. The van der Waals surface area contributed by atoms with Crippen molar-refractivity contribution in [1.82, 2.24) is 0 Å². The van der Waals surface area contributed by atoms with Crippen LogP contribution < -0.4 is 4.74 Å². The van der Waals surface area contributed by atoms with Crippen LogP contribution in [0.25, 0.3) is 0 Å². The summed E-state index contributed by atoms with van der Waals surface area (Å²) in [5.41, 5.74) is -0.0224. The quantitative estimate of drug-likeness (QED) is 0.171. The minimum Gasteiger partial charge on any atom is -0.454 e. The zero-order chi connectivity index (χ0) is 26.4. The Morgan fingerprint density at radius 3 is 1.89 bits per heavy atom. The second-order valence-corrected chi connectivity index (χ2v) is 11.2. The molecule has 2 aromatic rings. The van der Waals surface area contributed by atoms with Crippen molar-refractivity contribution in [2.45, 2.75) is 103 Å². The average Bonchev–Trinajstić information content (AvgIpc) is 2.90. The Morgan fingerprint density at radius 2 is 1.27 bits per heavy atom. The van der Waals surface area contributed by atoms with E-state index >= 15 is 4.39 Å². The van der Waals surface area contributed by atoms with E-state index in [2.05, 4.69) is 6.92 Å². The van der Waals surface area contributed by atoms with Gasteiger partial charge in [0.1, 0.15) is 11.6 Å². The first-order valence-electron chi connectivity index (χ1n) is 14.2. The minimum atomic E-state index is -1.62. The van der Waals surface area contributed by atoms with Crippen LogP contribution in [0.4, 0.5) is 22.0 Å². The molecule has 37 heavy (non-hydrogen) atoms. The summed E-state index contributed by atoms with van der Waals surface area (Å²) in [6.45, 7) is 2.25. The summed E-state index contributed by atoms with van der Waals surface area (Å²) < 4.78 is 75.7. The third-order valence-corrected chi connectivity index (χ3v) is 8.73. The molecule has 1 nitrogen and oxygen atoms in total. The van der Waals surface area contributed by atoms with Gasteiger partial charge in [0.15, 0.2) is 29.0 Å². The Bertz CT molecular complexity index is 999. The van der Waals surface area contributed by atoms with Crippen LogP contribution in [0.1, 0.15) is 108 Å². The molecule has 4 rings (SSSR count). The molecule has 0 radical (unpaired) electrons. The smallest absolute Gasteiger partial charge is 0.194 e.